The van der Waals surface area contributed by atoms with Crippen molar-refractivity contribution in [2.24, 2.45) is 5.92 Å². The highest BCUT2D eigenvalue weighted by molar-refractivity contribution is 7.99. The summed E-state index contributed by atoms with van der Waals surface area (Å²) < 4.78 is 8.44. The van der Waals surface area contributed by atoms with Crippen LogP contribution in [0.1, 0.15) is 58.0 Å². The number of fused-ring (bicyclic) bond motifs is 1. The third-order valence-electron chi connectivity index (χ3n) is 5.87. The molecule has 0 aliphatic heterocycles. The van der Waals surface area contributed by atoms with Crippen LogP contribution in [-0.2, 0) is 11.3 Å². The summed E-state index contributed by atoms with van der Waals surface area (Å²) in [6.45, 7) is 11.4. The Morgan fingerprint density at radius 3 is 2.42 bits per heavy atom. The average molecular weight is 503 g/mol. The van der Waals surface area contributed by atoms with Crippen molar-refractivity contribution in [1.29, 1.82) is 0 Å². The van der Waals surface area contributed by atoms with E-state index in [4.69, 9.17) is 4.74 Å². The molecular formula is C29H34N4O2S. The summed E-state index contributed by atoms with van der Waals surface area (Å²) in [5.74, 6) is 2.54. The first kappa shape index (κ1) is 25.8. The molecule has 36 heavy (non-hydrogen) atoms. The highest BCUT2D eigenvalue weighted by atomic mass is 32.2. The minimum Gasteiger partial charge on any atom is -0.482 e. The third kappa shape index (κ3) is 6.26. The first-order valence-corrected chi connectivity index (χ1v) is 13.4. The topological polar surface area (TPSA) is 69.0 Å². The molecule has 0 bridgehead atoms. The van der Waals surface area contributed by atoms with Gasteiger partial charge in [0.2, 0.25) is 5.91 Å². The Hall–Kier alpha value is -3.32. The molecule has 0 aliphatic carbocycles. The van der Waals surface area contributed by atoms with Crippen LogP contribution < -0.4 is 10.1 Å². The molecule has 1 unspecified atom stereocenters. The highest BCUT2D eigenvalue weighted by Gasteiger charge is 2.22. The summed E-state index contributed by atoms with van der Waals surface area (Å²) in [4.78, 5) is 12.7. The zero-order valence-electron chi connectivity index (χ0n) is 21.6. The van der Waals surface area contributed by atoms with Gasteiger partial charge in [-0.15, -0.1) is 10.2 Å². The number of nitrogens with one attached hydrogen (secondary N) is 1. The van der Waals surface area contributed by atoms with Crippen LogP contribution in [0.4, 0.5) is 5.69 Å². The Balaban J connectivity index is 1.46. The minimum atomic E-state index is -0.281. The van der Waals surface area contributed by atoms with Crippen molar-refractivity contribution in [3.05, 3.63) is 78.1 Å². The smallest absolute Gasteiger partial charge is 0.234 e. The number of nitrogens with zero attached hydrogens (tertiary/aromatic N) is 3. The van der Waals surface area contributed by atoms with E-state index in [-0.39, 0.29) is 17.8 Å². The Labute approximate surface area is 217 Å². The monoisotopic (exact) mass is 502 g/mol. The molecule has 4 aromatic rings. The van der Waals surface area contributed by atoms with Gasteiger partial charge in [-0.3, -0.25) is 4.79 Å². The Morgan fingerprint density at radius 2 is 1.67 bits per heavy atom. The summed E-state index contributed by atoms with van der Waals surface area (Å²) in [6.07, 6.45) is -0.281. The molecule has 0 fully saturated rings. The maximum atomic E-state index is 12.7. The lowest BCUT2D eigenvalue weighted by Crippen LogP contribution is -2.17. The second-order valence-electron chi connectivity index (χ2n) is 9.70. The third-order valence-corrected chi connectivity index (χ3v) is 6.83. The Kier molecular flexibility index (Phi) is 8.31. The van der Waals surface area contributed by atoms with E-state index in [1.54, 1.807) is 0 Å². The van der Waals surface area contributed by atoms with Gasteiger partial charge in [-0.2, -0.15) is 0 Å². The molecule has 7 heteroatoms. The van der Waals surface area contributed by atoms with Crippen LogP contribution in [0.3, 0.4) is 0 Å². The van der Waals surface area contributed by atoms with E-state index in [0.717, 1.165) is 39.7 Å². The first-order valence-electron chi connectivity index (χ1n) is 12.4. The van der Waals surface area contributed by atoms with Gasteiger partial charge in [0.15, 0.2) is 17.1 Å². The van der Waals surface area contributed by atoms with Gasteiger partial charge >= 0.3 is 0 Å². The number of hydrogen-bond acceptors (Lipinski definition) is 5. The quantitative estimate of drug-likeness (QED) is 0.235. The molecule has 4 rings (SSSR count). The number of thioether (sulfide) groups is 1. The number of carbonyl (C=O) groups excluding carboxylic acids is 1. The number of rotatable bonds is 10. The summed E-state index contributed by atoms with van der Waals surface area (Å²) in [5, 5.41) is 14.9. The molecule has 3 aromatic carbocycles. The molecule has 1 aromatic heterocycles. The number of para-hydroxylation sites is 1. The van der Waals surface area contributed by atoms with Crippen molar-refractivity contribution in [3.63, 3.8) is 0 Å². The number of anilines is 1. The molecule has 0 saturated heterocycles. The van der Waals surface area contributed by atoms with Gasteiger partial charge in [0.25, 0.3) is 0 Å². The number of benzene rings is 3. The van der Waals surface area contributed by atoms with E-state index in [2.05, 4.69) is 59.9 Å². The maximum absolute atomic E-state index is 12.7. The lowest BCUT2D eigenvalue weighted by molar-refractivity contribution is -0.113. The summed E-state index contributed by atoms with van der Waals surface area (Å²) >= 11 is 1.39. The molecule has 0 saturated carbocycles. The Morgan fingerprint density at radius 1 is 0.944 bits per heavy atom. The zero-order valence-corrected chi connectivity index (χ0v) is 22.4. The fraction of sp³-hybridized carbons (Fsp3) is 0.345. The highest BCUT2D eigenvalue weighted by Crippen LogP contribution is 2.31. The van der Waals surface area contributed by atoms with Crippen molar-refractivity contribution in [2.45, 2.75) is 58.3 Å². The molecule has 6 nitrogen and oxygen atoms in total. The number of aromatic nitrogens is 3. The van der Waals surface area contributed by atoms with Crippen LogP contribution in [0.2, 0.25) is 0 Å². The van der Waals surface area contributed by atoms with E-state index in [1.807, 2.05) is 61.5 Å². The minimum absolute atomic E-state index is 0.0777. The number of hydrogen-bond donors (Lipinski definition) is 1. The largest absolute Gasteiger partial charge is 0.482 e. The predicted molar refractivity (Wildman–Crippen MR) is 148 cm³/mol. The van der Waals surface area contributed by atoms with Gasteiger partial charge < -0.3 is 14.6 Å². The zero-order chi connectivity index (χ0) is 25.7. The number of ether oxygens (including phenoxy) is 1. The van der Waals surface area contributed by atoms with Crippen molar-refractivity contribution in [3.8, 4) is 5.75 Å². The molecule has 1 N–H and O–H groups in total. The predicted octanol–water partition coefficient (Wildman–Crippen LogP) is 7.08. The fourth-order valence-electron chi connectivity index (χ4n) is 4.15. The summed E-state index contributed by atoms with van der Waals surface area (Å²) in [6, 6.07) is 22.2. The summed E-state index contributed by atoms with van der Waals surface area (Å²) in [7, 11) is 0. The maximum Gasteiger partial charge on any atom is 0.234 e. The average Bonchev–Trinajstić information content (AvgIpc) is 3.24. The first-order chi connectivity index (χ1) is 17.3. The second kappa shape index (κ2) is 11.6. The van der Waals surface area contributed by atoms with E-state index < -0.39 is 0 Å². The lowest BCUT2D eigenvalue weighted by atomic mass is 10.0. The van der Waals surface area contributed by atoms with Crippen LogP contribution in [-0.4, -0.2) is 26.4 Å². The molecule has 1 amide bonds. The molecule has 188 valence electrons. The van der Waals surface area contributed by atoms with Crippen molar-refractivity contribution in [2.75, 3.05) is 11.1 Å². The van der Waals surface area contributed by atoms with Crippen LogP contribution in [0, 0.1) is 5.92 Å². The van der Waals surface area contributed by atoms with Gasteiger partial charge in [0, 0.05) is 12.2 Å². The van der Waals surface area contributed by atoms with Crippen LogP contribution >= 0.6 is 11.8 Å². The van der Waals surface area contributed by atoms with Gasteiger partial charge in [-0.1, -0.05) is 88.0 Å². The molecular weight excluding hydrogens is 468 g/mol. The standard InChI is InChI=1S/C29H34N4O2S/c1-19(2)17-33-28(21(5)35-26-13-9-8-12-25(26)20(3)4)31-32-29(33)36-18-27(34)30-24-15-14-22-10-6-7-11-23(22)16-24/h6-16,19-21H,17-18H2,1-5H3,(H,30,34). The van der Waals surface area contributed by atoms with Crippen molar-refractivity contribution in [1.82, 2.24) is 14.8 Å². The van der Waals surface area contributed by atoms with Gasteiger partial charge in [-0.25, -0.2) is 0 Å². The van der Waals surface area contributed by atoms with E-state index in [1.165, 1.54) is 17.3 Å². The molecule has 0 radical (unpaired) electrons. The molecule has 0 spiro atoms. The second-order valence-corrected chi connectivity index (χ2v) is 10.6. The van der Waals surface area contributed by atoms with E-state index in [9.17, 15) is 4.79 Å². The fourth-order valence-corrected chi connectivity index (χ4v) is 4.90. The van der Waals surface area contributed by atoms with Crippen molar-refractivity contribution >= 4 is 34.1 Å². The van der Waals surface area contributed by atoms with Gasteiger partial charge in [-0.05, 0) is 53.3 Å². The normalized spacial score (nSPS) is 12.3. The Bertz CT molecular complexity index is 1330. The van der Waals surface area contributed by atoms with E-state index >= 15 is 0 Å². The molecule has 1 heterocycles. The summed E-state index contributed by atoms with van der Waals surface area (Å²) in [5.41, 5.74) is 1.95. The number of amides is 1. The molecule has 0 aliphatic rings. The van der Waals surface area contributed by atoms with Gasteiger partial charge in [0.05, 0.1) is 5.75 Å². The van der Waals surface area contributed by atoms with Gasteiger partial charge in [0.1, 0.15) is 5.75 Å². The lowest BCUT2D eigenvalue weighted by Gasteiger charge is -2.20. The number of carbonyl (C=O) groups is 1. The SMILES string of the molecule is CC(C)Cn1c(SCC(=O)Nc2ccc3ccccc3c2)nnc1C(C)Oc1ccccc1C(C)C. The van der Waals surface area contributed by atoms with Crippen molar-refractivity contribution < 1.29 is 9.53 Å². The van der Waals surface area contributed by atoms with Crippen LogP contribution in [0.25, 0.3) is 10.8 Å². The van der Waals surface area contributed by atoms with Crippen LogP contribution in [0.15, 0.2) is 71.9 Å². The van der Waals surface area contributed by atoms with E-state index in [0.29, 0.717) is 11.8 Å². The van der Waals surface area contributed by atoms with Crippen LogP contribution in [0.5, 0.6) is 5.75 Å². The molecule has 1 atom stereocenters.